The highest BCUT2D eigenvalue weighted by atomic mass is 32.1. The van der Waals surface area contributed by atoms with Gasteiger partial charge in [-0.1, -0.05) is 0 Å². The molecule has 0 amide bonds. The predicted molar refractivity (Wildman–Crippen MR) is 30.4 cm³/mol. The molecule has 0 saturated carbocycles. The van der Waals surface area contributed by atoms with Crippen molar-refractivity contribution in [3.05, 3.63) is 23.2 Å². The summed E-state index contributed by atoms with van der Waals surface area (Å²) in [6, 6.07) is 1.63. The fraction of sp³-hybridized carbons (Fsp3) is 0. The van der Waals surface area contributed by atoms with Crippen LogP contribution in [0.4, 0.5) is 0 Å². The summed E-state index contributed by atoms with van der Waals surface area (Å²) in [6.45, 7) is 3.60. The SMILES string of the molecule is [CH2]c1cc(O)cs1. The van der Waals surface area contributed by atoms with Gasteiger partial charge in [0.05, 0.1) is 0 Å². The van der Waals surface area contributed by atoms with Gasteiger partial charge in [-0.25, -0.2) is 0 Å². The van der Waals surface area contributed by atoms with Gasteiger partial charge in [-0.05, 0) is 13.0 Å². The Hall–Kier alpha value is -0.500. The molecule has 1 rings (SSSR count). The third kappa shape index (κ3) is 0.933. The summed E-state index contributed by atoms with van der Waals surface area (Å²) in [5, 5.41) is 10.3. The van der Waals surface area contributed by atoms with Crippen LogP contribution in [0.1, 0.15) is 4.88 Å². The van der Waals surface area contributed by atoms with Gasteiger partial charge in [0.2, 0.25) is 0 Å². The lowest BCUT2D eigenvalue weighted by atomic mass is 10.5. The molecule has 1 nitrogen and oxygen atoms in total. The lowest BCUT2D eigenvalue weighted by Crippen LogP contribution is -1.48. The normalized spacial score (nSPS) is 9.29. The highest BCUT2D eigenvalue weighted by Gasteiger charge is 1.87. The highest BCUT2D eigenvalue weighted by Crippen LogP contribution is 2.17. The number of aromatic hydroxyl groups is 1. The van der Waals surface area contributed by atoms with E-state index < -0.39 is 0 Å². The van der Waals surface area contributed by atoms with E-state index in [1.807, 2.05) is 0 Å². The van der Waals surface area contributed by atoms with Crippen molar-refractivity contribution in [3.8, 4) is 5.75 Å². The van der Waals surface area contributed by atoms with E-state index in [1.54, 1.807) is 11.4 Å². The van der Waals surface area contributed by atoms with Crippen molar-refractivity contribution in [2.24, 2.45) is 0 Å². The van der Waals surface area contributed by atoms with Gasteiger partial charge in [0.1, 0.15) is 5.75 Å². The van der Waals surface area contributed by atoms with Gasteiger partial charge in [0, 0.05) is 10.3 Å². The first kappa shape index (κ1) is 4.65. The first-order valence-corrected chi connectivity index (χ1v) is 2.76. The van der Waals surface area contributed by atoms with E-state index in [9.17, 15) is 0 Å². The Kier molecular flexibility index (Phi) is 1.02. The van der Waals surface area contributed by atoms with Crippen molar-refractivity contribution in [2.75, 3.05) is 0 Å². The maximum absolute atomic E-state index is 8.62. The van der Waals surface area contributed by atoms with E-state index in [4.69, 9.17) is 5.11 Å². The molecule has 1 aromatic rings. The van der Waals surface area contributed by atoms with E-state index in [2.05, 4.69) is 6.92 Å². The second kappa shape index (κ2) is 1.54. The summed E-state index contributed by atoms with van der Waals surface area (Å²) in [7, 11) is 0. The molecule has 1 radical (unpaired) electrons. The van der Waals surface area contributed by atoms with Crippen molar-refractivity contribution in [1.29, 1.82) is 0 Å². The first-order valence-electron chi connectivity index (χ1n) is 1.88. The van der Waals surface area contributed by atoms with Crippen LogP contribution in [-0.2, 0) is 0 Å². The Morgan fingerprint density at radius 2 is 2.43 bits per heavy atom. The lowest BCUT2D eigenvalue weighted by Gasteiger charge is -1.70. The maximum Gasteiger partial charge on any atom is 0.126 e. The van der Waals surface area contributed by atoms with Crippen LogP contribution in [0.2, 0.25) is 0 Å². The zero-order valence-corrected chi connectivity index (χ0v) is 4.53. The van der Waals surface area contributed by atoms with Crippen molar-refractivity contribution < 1.29 is 5.11 Å². The molecule has 0 saturated heterocycles. The summed E-state index contributed by atoms with van der Waals surface area (Å²) >= 11 is 1.44. The van der Waals surface area contributed by atoms with Crippen LogP contribution < -0.4 is 0 Å². The number of rotatable bonds is 0. The van der Waals surface area contributed by atoms with Crippen molar-refractivity contribution in [3.63, 3.8) is 0 Å². The van der Waals surface area contributed by atoms with Crippen molar-refractivity contribution in [2.45, 2.75) is 0 Å². The van der Waals surface area contributed by atoms with Crippen LogP contribution in [0.15, 0.2) is 11.4 Å². The van der Waals surface area contributed by atoms with E-state index in [-0.39, 0.29) is 0 Å². The molecule has 37 valence electrons. The molecule has 0 bridgehead atoms. The van der Waals surface area contributed by atoms with E-state index in [0.717, 1.165) is 4.88 Å². The molecule has 7 heavy (non-hydrogen) atoms. The van der Waals surface area contributed by atoms with Gasteiger partial charge in [0.25, 0.3) is 0 Å². The molecule has 0 aliphatic heterocycles. The molecular weight excluding hydrogens is 108 g/mol. The molecule has 0 unspecified atom stereocenters. The molecule has 0 aliphatic carbocycles. The van der Waals surface area contributed by atoms with Crippen LogP contribution >= 0.6 is 11.3 Å². The molecule has 2 heteroatoms. The van der Waals surface area contributed by atoms with E-state index >= 15 is 0 Å². The lowest BCUT2D eigenvalue weighted by molar-refractivity contribution is 0.478. The summed E-state index contributed by atoms with van der Waals surface area (Å²) in [6.07, 6.45) is 0. The minimum Gasteiger partial charge on any atom is -0.507 e. The molecule has 1 heterocycles. The van der Waals surface area contributed by atoms with E-state index in [1.165, 1.54) is 11.3 Å². The predicted octanol–water partition coefficient (Wildman–Crippen LogP) is 1.64. The Morgan fingerprint density at radius 1 is 1.71 bits per heavy atom. The molecule has 0 aromatic carbocycles. The molecule has 0 fully saturated rings. The van der Waals surface area contributed by atoms with Gasteiger partial charge in [-0.3, -0.25) is 0 Å². The van der Waals surface area contributed by atoms with Crippen LogP contribution in [0.5, 0.6) is 5.75 Å². The van der Waals surface area contributed by atoms with Gasteiger partial charge < -0.3 is 5.11 Å². The average Bonchev–Trinajstić information content (AvgIpc) is 1.87. The number of hydrogen-bond donors (Lipinski definition) is 1. The minimum atomic E-state index is 0.315. The molecule has 0 atom stereocenters. The fourth-order valence-electron chi connectivity index (χ4n) is 0.369. The van der Waals surface area contributed by atoms with Gasteiger partial charge >= 0.3 is 0 Å². The number of hydrogen-bond acceptors (Lipinski definition) is 2. The standard InChI is InChI=1S/C5H5OS/c1-4-2-5(6)3-7-4/h2-3,6H,1H2. The van der Waals surface area contributed by atoms with Gasteiger partial charge in [-0.2, -0.15) is 0 Å². The van der Waals surface area contributed by atoms with Gasteiger partial charge in [-0.15, -0.1) is 11.3 Å². The van der Waals surface area contributed by atoms with E-state index in [0.29, 0.717) is 5.75 Å². The molecule has 1 N–H and O–H groups in total. The monoisotopic (exact) mass is 113 g/mol. The second-order valence-corrected chi connectivity index (χ2v) is 2.27. The maximum atomic E-state index is 8.62. The average molecular weight is 113 g/mol. The molecule has 0 spiro atoms. The first-order chi connectivity index (χ1) is 3.29. The van der Waals surface area contributed by atoms with Crippen LogP contribution in [0.3, 0.4) is 0 Å². The Bertz CT molecular complexity index is 140. The molecule has 1 aromatic heterocycles. The zero-order chi connectivity index (χ0) is 5.28. The molecule has 0 aliphatic rings. The van der Waals surface area contributed by atoms with Crippen molar-refractivity contribution >= 4 is 11.3 Å². The summed E-state index contributed by atoms with van der Waals surface area (Å²) in [4.78, 5) is 0.900. The number of thiophene rings is 1. The zero-order valence-electron chi connectivity index (χ0n) is 3.72. The summed E-state index contributed by atoms with van der Waals surface area (Å²) in [5.74, 6) is 0.315. The van der Waals surface area contributed by atoms with Crippen LogP contribution in [-0.4, -0.2) is 5.11 Å². The Labute approximate surface area is 46.2 Å². The Morgan fingerprint density at radius 3 is 2.57 bits per heavy atom. The highest BCUT2D eigenvalue weighted by molar-refractivity contribution is 7.10. The second-order valence-electron chi connectivity index (χ2n) is 1.27. The third-order valence-electron chi connectivity index (χ3n) is 0.640. The topological polar surface area (TPSA) is 20.2 Å². The third-order valence-corrected chi connectivity index (χ3v) is 1.42. The fourth-order valence-corrected chi connectivity index (χ4v) is 0.898. The summed E-state index contributed by atoms with van der Waals surface area (Å²) in [5.41, 5.74) is 0. The molecular formula is C5H5OS. The Balaban J connectivity index is 3.04. The summed E-state index contributed by atoms with van der Waals surface area (Å²) < 4.78 is 0. The minimum absolute atomic E-state index is 0.315. The smallest absolute Gasteiger partial charge is 0.126 e. The van der Waals surface area contributed by atoms with Crippen LogP contribution in [0, 0.1) is 6.92 Å². The van der Waals surface area contributed by atoms with Crippen LogP contribution in [0.25, 0.3) is 0 Å². The van der Waals surface area contributed by atoms with Crippen molar-refractivity contribution in [1.82, 2.24) is 0 Å². The largest absolute Gasteiger partial charge is 0.507 e. The van der Waals surface area contributed by atoms with Gasteiger partial charge in [0.15, 0.2) is 0 Å². The quantitative estimate of drug-likeness (QED) is 0.542.